The van der Waals surface area contributed by atoms with Gasteiger partial charge in [0.05, 0.1) is 4.90 Å². The predicted molar refractivity (Wildman–Crippen MR) is 81.6 cm³/mol. The Morgan fingerprint density at radius 1 is 1.43 bits per heavy atom. The summed E-state index contributed by atoms with van der Waals surface area (Å²) in [6, 6.07) is 6.29. The number of Topliss-reactive ketones (excluding diaryl/α,β-unsaturated/α-hetero) is 1. The monoisotopic (exact) mass is 310 g/mol. The smallest absolute Gasteiger partial charge is 0.243 e. The van der Waals surface area contributed by atoms with Crippen LogP contribution in [0.1, 0.15) is 37.0 Å². The molecular formula is C15H22N2O3S. The van der Waals surface area contributed by atoms with Gasteiger partial charge in [-0.25, -0.2) is 8.42 Å². The lowest BCUT2D eigenvalue weighted by Gasteiger charge is -2.35. The van der Waals surface area contributed by atoms with E-state index >= 15 is 0 Å². The van der Waals surface area contributed by atoms with Gasteiger partial charge in [-0.3, -0.25) is 4.79 Å². The Kier molecular flexibility index (Phi) is 4.81. The third-order valence-corrected chi connectivity index (χ3v) is 6.02. The zero-order chi connectivity index (χ0) is 15.6. The molecule has 116 valence electrons. The van der Waals surface area contributed by atoms with Crippen molar-refractivity contribution in [2.45, 2.75) is 37.6 Å². The van der Waals surface area contributed by atoms with Crippen molar-refractivity contribution in [2.24, 2.45) is 11.7 Å². The predicted octanol–water partition coefficient (Wildman–Crippen LogP) is 1.64. The first-order valence-electron chi connectivity index (χ1n) is 7.23. The van der Waals surface area contributed by atoms with Crippen molar-refractivity contribution in [1.82, 2.24) is 4.31 Å². The molecular weight excluding hydrogens is 288 g/mol. The highest BCUT2D eigenvalue weighted by atomic mass is 32.2. The van der Waals surface area contributed by atoms with E-state index in [1.54, 1.807) is 12.1 Å². The van der Waals surface area contributed by atoms with E-state index in [4.69, 9.17) is 5.73 Å². The molecule has 2 unspecified atom stereocenters. The molecule has 5 nitrogen and oxygen atoms in total. The number of benzene rings is 1. The van der Waals surface area contributed by atoms with Crippen LogP contribution in [0.4, 0.5) is 0 Å². The number of hydrogen-bond acceptors (Lipinski definition) is 4. The maximum Gasteiger partial charge on any atom is 0.243 e. The van der Waals surface area contributed by atoms with E-state index < -0.39 is 10.0 Å². The van der Waals surface area contributed by atoms with Crippen LogP contribution in [-0.4, -0.2) is 37.6 Å². The summed E-state index contributed by atoms with van der Waals surface area (Å²) in [5.41, 5.74) is 6.45. The normalized spacial score (nSPS) is 24.0. The van der Waals surface area contributed by atoms with Gasteiger partial charge in [-0.1, -0.05) is 25.5 Å². The van der Waals surface area contributed by atoms with Crippen LogP contribution in [0.3, 0.4) is 0 Å². The lowest BCUT2D eigenvalue weighted by atomic mass is 9.92. The summed E-state index contributed by atoms with van der Waals surface area (Å²) >= 11 is 0. The summed E-state index contributed by atoms with van der Waals surface area (Å²) in [5.74, 6) is 0.0451. The Hall–Kier alpha value is -1.24. The van der Waals surface area contributed by atoms with E-state index in [0.29, 0.717) is 25.1 Å². The Morgan fingerprint density at radius 2 is 2.14 bits per heavy atom. The van der Waals surface area contributed by atoms with Gasteiger partial charge in [0.25, 0.3) is 0 Å². The molecule has 1 aliphatic heterocycles. The molecule has 2 N–H and O–H groups in total. The highest BCUT2D eigenvalue weighted by molar-refractivity contribution is 7.89. The summed E-state index contributed by atoms with van der Waals surface area (Å²) < 4.78 is 26.9. The number of sulfonamides is 1. The van der Waals surface area contributed by atoms with Crippen LogP contribution < -0.4 is 5.73 Å². The molecule has 1 heterocycles. The quantitative estimate of drug-likeness (QED) is 0.857. The molecule has 0 saturated carbocycles. The summed E-state index contributed by atoms with van der Waals surface area (Å²) in [5, 5.41) is 0. The standard InChI is InChI=1S/C15H22N2O3S/c1-3-12-10-17(8-7-15(12)16)21(19,20)14-6-4-5-13(9-14)11(2)18/h4-6,9,12,15H,3,7-8,10,16H2,1-2H3. The Bertz CT molecular complexity index is 628. The molecule has 1 aromatic carbocycles. The number of hydrogen-bond donors (Lipinski definition) is 1. The summed E-state index contributed by atoms with van der Waals surface area (Å²) in [6.07, 6.45) is 1.53. The number of ketones is 1. The third-order valence-electron chi connectivity index (χ3n) is 4.16. The van der Waals surface area contributed by atoms with Gasteiger partial charge in [0.15, 0.2) is 5.78 Å². The minimum atomic E-state index is -3.56. The van der Waals surface area contributed by atoms with Gasteiger partial charge in [0.1, 0.15) is 0 Å². The van der Waals surface area contributed by atoms with Crippen molar-refractivity contribution in [3.05, 3.63) is 29.8 Å². The molecule has 2 rings (SSSR count). The van der Waals surface area contributed by atoms with Crippen LogP contribution in [0.15, 0.2) is 29.2 Å². The fraction of sp³-hybridized carbons (Fsp3) is 0.533. The van der Waals surface area contributed by atoms with E-state index in [-0.39, 0.29) is 22.6 Å². The van der Waals surface area contributed by atoms with Crippen LogP contribution in [0, 0.1) is 5.92 Å². The van der Waals surface area contributed by atoms with Gasteiger partial charge in [0, 0.05) is 24.7 Å². The van der Waals surface area contributed by atoms with E-state index in [0.717, 1.165) is 6.42 Å². The molecule has 1 fully saturated rings. The molecule has 0 aliphatic carbocycles. The lowest BCUT2D eigenvalue weighted by molar-refractivity contribution is 0.101. The topological polar surface area (TPSA) is 80.5 Å². The Balaban J connectivity index is 2.30. The summed E-state index contributed by atoms with van der Waals surface area (Å²) in [6.45, 7) is 4.34. The van der Waals surface area contributed by atoms with Crippen LogP contribution in [-0.2, 0) is 10.0 Å². The maximum atomic E-state index is 12.7. The van der Waals surface area contributed by atoms with Gasteiger partial charge < -0.3 is 5.73 Å². The molecule has 6 heteroatoms. The average Bonchev–Trinajstić information content (AvgIpc) is 2.47. The molecule has 2 atom stereocenters. The Morgan fingerprint density at radius 3 is 2.76 bits per heavy atom. The first-order chi connectivity index (χ1) is 9.86. The molecule has 0 spiro atoms. The molecule has 1 aliphatic rings. The van der Waals surface area contributed by atoms with Gasteiger partial charge in [0.2, 0.25) is 10.0 Å². The molecule has 0 amide bonds. The zero-order valence-electron chi connectivity index (χ0n) is 12.5. The number of piperidine rings is 1. The molecule has 21 heavy (non-hydrogen) atoms. The molecule has 0 radical (unpaired) electrons. The van der Waals surface area contributed by atoms with Crippen LogP contribution in [0.25, 0.3) is 0 Å². The van der Waals surface area contributed by atoms with Gasteiger partial charge in [-0.05, 0) is 31.4 Å². The van der Waals surface area contributed by atoms with E-state index in [9.17, 15) is 13.2 Å². The highest BCUT2D eigenvalue weighted by Crippen LogP contribution is 2.25. The number of nitrogens with two attached hydrogens (primary N) is 1. The second kappa shape index (κ2) is 6.25. The second-order valence-corrected chi connectivity index (χ2v) is 7.51. The average molecular weight is 310 g/mol. The van der Waals surface area contributed by atoms with Crippen molar-refractivity contribution in [3.63, 3.8) is 0 Å². The molecule has 0 bridgehead atoms. The van der Waals surface area contributed by atoms with Crippen LogP contribution in [0.5, 0.6) is 0 Å². The minimum Gasteiger partial charge on any atom is -0.327 e. The van der Waals surface area contributed by atoms with E-state index in [1.165, 1.54) is 23.4 Å². The molecule has 1 saturated heterocycles. The fourth-order valence-electron chi connectivity index (χ4n) is 2.69. The number of nitrogens with zero attached hydrogens (tertiary/aromatic N) is 1. The molecule has 0 aromatic heterocycles. The van der Waals surface area contributed by atoms with Crippen molar-refractivity contribution in [3.8, 4) is 0 Å². The Labute approximate surface area is 126 Å². The lowest BCUT2D eigenvalue weighted by Crippen LogP contribution is -2.48. The van der Waals surface area contributed by atoms with Crippen LogP contribution in [0.2, 0.25) is 0 Å². The minimum absolute atomic E-state index is 0.0602. The summed E-state index contributed by atoms with van der Waals surface area (Å²) in [4.78, 5) is 11.6. The number of carbonyl (C=O) groups excluding carboxylic acids is 1. The number of rotatable bonds is 4. The summed E-state index contributed by atoms with van der Waals surface area (Å²) in [7, 11) is -3.56. The molecule has 1 aromatic rings. The van der Waals surface area contributed by atoms with Gasteiger partial charge >= 0.3 is 0 Å². The van der Waals surface area contributed by atoms with Crippen molar-refractivity contribution < 1.29 is 13.2 Å². The van der Waals surface area contributed by atoms with Crippen molar-refractivity contribution in [1.29, 1.82) is 0 Å². The highest BCUT2D eigenvalue weighted by Gasteiger charge is 2.33. The largest absolute Gasteiger partial charge is 0.327 e. The van der Waals surface area contributed by atoms with E-state index in [2.05, 4.69) is 0 Å². The maximum absolute atomic E-state index is 12.7. The first-order valence-corrected chi connectivity index (χ1v) is 8.67. The van der Waals surface area contributed by atoms with Gasteiger partial charge in [-0.15, -0.1) is 0 Å². The van der Waals surface area contributed by atoms with Crippen molar-refractivity contribution >= 4 is 15.8 Å². The zero-order valence-corrected chi connectivity index (χ0v) is 13.3. The van der Waals surface area contributed by atoms with Gasteiger partial charge in [-0.2, -0.15) is 4.31 Å². The number of carbonyl (C=O) groups is 1. The SMILES string of the molecule is CCC1CN(S(=O)(=O)c2cccc(C(C)=O)c2)CCC1N. The van der Waals surface area contributed by atoms with Crippen LogP contribution >= 0.6 is 0 Å². The second-order valence-electron chi connectivity index (χ2n) is 5.57. The third kappa shape index (κ3) is 3.33. The fourth-order valence-corrected chi connectivity index (χ4v) is 4.25. The first kappa shape index (κ1) is 16.1. The van der Waals surface area contributed by atoms with E-state index in [1.807, 2.05) is 6.92 Å². The van der Waals surface area contributed by atoms with Crippen molar-refractivity contribution in [2.75, 3.05) is 13.1 Å².